The summed E-state index contributed by atoms with van der Waals surface area (Å²) in [6.07, 6.45) is 2.47. The van der Waals surface area contributed by atoms with Crippen LogP contribution in [0.1, 0.15) is 31.9 Å². The van der Waals surface area contributed by atoms with Gasteiger partial charge in [-0.2, -0.15) is 0 Å². The second kappa shape index (κ2) is 6.65. The zero-order valence-electron chi connectivity index (χ0n) is 12.0. The number of aliphatic carboxylic acids is 1. The molecule has 1 aromatic heterocycles. The third-order valence-corrected chi connectivity index (χ3v) is 3.26. The number of carboxylic acids is 1. The van der Waals surface area contributed by atoms with Crippen molar-refractivity contribution in [3.63, 3.8) is 0 Å². The van der Waals surface area contributed by atoms with Gasteiger partial charge in [0, 0.05) is 25.1 Å². The molecule has 1 N–H and O–H groups in total. The van der Waals surface area contributed by atoms with E-state index in [1.54, 1.807) is 4.90 Å². The molecule has 2 rings (SSSR count). The van der Waals surface area contributed by atoms with Gasteiger partial charge in [0.2, 0.25) is 0 Å². The largest absolute Gasteiger partial charge is 0.480 e. The quantitative estimate of drug-likeness (QED) is 0.851. The fraction of sp³-hybridized carbons (Fsp3) is 0.643. The zero-order valence-corrected chi connectivity index (χ0v) is 12.0. The molecule has 6 heteroatoms. The number of anilines is 1. The molecule has 20 heavy (non-hydrogen) atoms. The third-order valence-electron chi connectivity index (χ3n) is 3.26. The molecule has 0 saturated carbocycles. The van der Waals surface area contributed by atoms with Crippen LogP contribution in [0.2, 0.25) is 0 Å². The summed E-state index contributed by atoms with van der Waals surface area (Å²) in [5.74, 6) is 0.484. The highest BCUT2D eigenvalue weighted by atomic mass is 16.5. The van der Waals surface area contributed by atoms with Crippen LogP contribution in [0, 0.1) is 5.92 Å². The maximum absolute atomic E-state index is 11.0. The van der Waals surface area contributed by atoms with Crippen LogP contribution in [0.15, 0.2) is 12.4 Å². The lowest BCUT2D eigenvalue weighted by molar-refractivity contribution is -0.135. The highest BCUT2D eigenvalue weighted by Crippen LogP contribution is 2.25. The third kappa shape index (κ3) is 3.90. The molecule has 0 spiro atoms. The Morgan fingerprint density at radius 2 is 2.35 bits per heavy atom. The van der Waals surface area contributed by atoms with Crippen LogP contribution in [0.3, 0.4) is 0 Å². The fourth-order valence-electron chi connectivity index (χ4n) is 2.37. The molecule has 0 bridgehead atoms. The van der Waals surface area contributed by atoms with E-state index in [0.717, 1.165) is 18.7 Å². The molecule has 0 unspecified atom stereocenters. The van der Waals surface area contributed by atoms with Gasteiger partial charge >= 0.3 is 5.97 Å². The maximum Gasteiger partial charge on any atom is 0.323 e. The van der Waals surface area contributed by atoms with Gasteiger partial charge in [-0.15, -0.1) is 0 Å². The van der Waals surface area contributed by atoms with Crippen molar-refractivity contribution in [2.75, 3.05) is 31.2 Å². The first-order chi connectivity index (χ1) is 9.56. The van der Waals surface area contributed by atoms with E-state index in [0.29, 0.717) is 30.8 Å². The molecule has 0 radical (unpaired) electrons. The molecule has 1 aliphatic heterocycles. The Labute approximate surface area is 118 Å². The van der Waals surface area contributed by atoms with Crippen LogP contribution in [0.5, 0.6) is 0 Å². The molecular formula is C14H21N3O3. The Morgan fingerprint density at radius 3 is 2.95 bits per heavy atom. The summed E-state index contributed by atoms with van der Waals surface area (Å²) in [7, 11) is 0. The van der Waals surface area contributed by atoms with E-state index in [4.69, 9.17) is 9.84 Å². The summed E-state index contributed by atoms with van der Waals surface area (Å²) in [6, 6.07) is 1.89. The molecule has 0 aliphatic carbocycles. The van der Waals surface area contributed by atoms with Gasteiger partial charge in [-0.3, -0.25) is 4.79 Å². The maximum atomic E-state index is 11.0. The lowest BCUT2D eigenvalue weighted by Crippen LogP contribution is -2.33. The van der Waals surface area contributed by atoms with E-state index in [1.807, 2.05) is 6.07 Å². The number of rotatable bonds is 6. The Balaban J connectivity index is 2.18. The van der Waals surface area contributed by atoms with Crippen molar-refractivity contribution in [1.82, 2.24) is 9.97 Å². The van der Waals surface area contributed by atoms with E-state index in [-0.39, 0.29) is 6.54 Å². The van der Waals surface area contributed by atoms with Gasteiger partial charge < -0.3 is 14.7 Å². The molecule has 6 nitrogen and oxygen atoms in total. The highest BCUT2D eigenvalue weighted by Gasteiger charge is 2.21. The molecule has 110 valence electrons. The van der Waals surface area contributed by atoms with E-state index in [9.17, 15) is 4.79 Å². The SMILES string of the molecule is CC(C)CN(CC(=O)O)c1cc([C@H]2CCOC2)ncn1. The molecule has 1 aromatic rings. The van der Waals surface area contributed by atoms with Crippen LogP contribution in [-0.4, -0.2) is 47.3 Å². The molecular weight excluding hydrogens is 258 g/mol. The summed E-state index contributed by atoms with van der Waals surface area (Å²) in [6.45, 7) is 6.16. The average Bonchev–Trinajstić information content (AvgIpc) is 2.91. The molecule has 0 aromatic carbocycles. The first-order valence-corrected chi connectivity index (χ1v) is 6.92. The number of hydrogen-bond acceptors (Lipinski definition) is 5. The second-order valence-electron chi connectivity index (χ2n) is 5.53. The summed E-state index contributed by atoms with van der Waals surface area (Å²) >= 11 is 0. The minimum atomic E-state index is -0.852. The van der Waals surface area contributed by atoms with Crippen molar-refractivity contribution in [1.29, 1.82) is 0 Å². The Hall–Kier alpha value is -1.69. The first-order valence-electron chi connectivity index (χ1n) is 6.92. The van der Waals surface area contributed by atoms with Gasteiger partial charge in [0.25, 0.3) is 0 Å². The summed E-state index contributed by atoms with van der Waals surface area (Å²) < 4.78 is 5.37. The van der Waals surface area contributed by atoms with E-state index in [1.165, 1.54) is 6.33 Å². The lowest BCUT2D eigenvalue weighted by atomic mass is 10.0. The Morgan fingerprint density at radius 1 is 1.55 bits per heavy atom. The van der Waals surface area contributed by atoms with Crippen molar-refractivity contribution in [3.05, 3.63) is 18.1 Å². The van der Waals surface area contributed by atoms with E-state index >= 15 is 0 Å². The number of carboxylic acid groups (broad SMARTS) is 1. The average molecular weight is 279 g/mol. The van der Waals surface area contributed by atoms with Crippen molar-refractivity contribution in [2.45, 2.75) is 26.2 Å². The van der Waals surface area contributed by atoms with Crippen molar-refractivity contribution in [3.8, 4) is 0 Å². The minimum Gasteiger partial charge on any atom is -0.480 e. The van der Waals surface area contributed by atoms with Crippen molar-refractivity contribution in [2.24, 2.45) is 5.92 Å². The van der Waals surface area contributed by atoms with Gasteiger partial charge in [-0.05, 0) is 12.3 Å². The minimum absolute atomic E-state index is 0.0458. The van der Waals surface area contributed by atoms with Crippen LogP contribution >= 0.6 is 0 Å². The van der Waals surface area contributed by atoms with Gasteiger partial charge in [-0.1, -0.05) is 13.8 Å². The topological polar surface area (TPSA) is 75.6 Å². The van der Waals surface area contributed by atoms with Crippen LogP contribution in [-0.2, 0) is 9.53 Å². The van der Waals surface area contributed by atoms with Crippen molar-refractivity contribution < 1.29 is 14.6 Å². The smallest absolute Gasteiger partial charge is 0.323 e. The molecule has 0 amide bonds. The molecule has 1 aliphatic rings. The molecule has 1 fully saturated rings. The number of carbonyl (C=O) groups is 1. The summed E-state index contributed by atoms with van der Waals surface area (Å²) in [5, 5.41) is 9.03. The number of aromatic nitrogens is 2. The summed E-state index contributed by atoms with van der Waals surface area (Å²) in [5.41, 5.74) is 0.937. The summed E-state index contributed by atoms with van der Waals surface area (Å²) in [4.78, 5) is 21.3. The van der Waals surface area contributed by atoms with E-state index < -0.39 is 5.97 Å². The zero-order chi connectivity index (χ0) is 14.5. The van der Waals surface area contributed by atoms with Crippen LogP contribution < -0.4 is 4.90 Å². The van der Waals surface area contributed by atoms with E-state index in [2.05, 4.69) is 23.8 Å². The second-order valence-corrected chi connectivity index (χ2v) is 5.53. The first kappa shape index (κ1) is 14.7. The normalized spacial score (nSPS) is 18.4. The fourth-order valence-corrected chi connectivity index (χ4v) is 2.37. The monoisotopic (exact) mass is 279 g/mol. The van der Waals surface area contributed by atoms with Gasteiger partial charge in [0.05, 0.1) is 12.3 Å². The molecule has 1 saturated heterocycles. The number of nitrogens with zero attached hydrogens (tertiary/aromatic N) is 3. The van der Waals surface area contributed by atoms with Crippen LogP contribution in [0.25, 0.3) is 0 Å². The predicted octanol–water partition coefficient (Wildman–Crippen LogP) is 1.53. The van der Waals surface area contributed by atoms with Gasteiger partial charge in [-0.25, -0.2) is 9.97 Å². The molecule has 2 heterocycles. The highest BCUT2D eigenvalue weighted by molar-refractivity contribution is 5.73. The number of hydrogen-bond donors (Lipinski definition) is 1. The van der Waals surface area contributed by atoms with Crippen LogP contribution in [0.4, 0.5) is 5.82 Å². The van der Waals surface area contributed by atoms with Crippen molar-refractivity contribution >= 4 is 11.8 Å². The lowest BCUT2D eigenvalue weighted by Gasteiger charge is -2.24. The standard InChI is InChI=1S/C14H21N3O3/c1-10(2)6-17(7-14(18)19)13-5-12(15-9-16-13)11-3-4-20-8-11/h5,9-11H,3-4,6-8H2,1-2H3,(H,18,19)/t11-/m0/s1. The number of ether oxygens (including phenoxy) is 1. The Kier molecular flexibility index (Phi) is 4.89. The van der Waals surface area contributed by atoms with Gasteiger partial charge in [0.1, 0.15) is 18.7 Å². The Bertz CT molecular complexity index is 459. The molecule has 1 atom stereocenters. The van der Waals surface area contributed by atoms with Gasteiger partial charge in [0.15, 0.2) is 0 Å². The predicted molar refractivity (Wildman–Crippen MR) is 74.9 cm³/mol.